The topological polar surface area (TPSA) is 365 Å². The number of aromatic nitrogens is 8. The molecular weight excluding hydrogens is 1960 g/mol. The van der Waals surface area contributed by atoms with E-state index in [-0.39, 0.29) is 150 Å². The number of fused-ring (bicyclic) bond motifs is 7. The zero-order valence-electron chi connectivity index (χ0n) is 76.4. The molecular formula is C98H91Cl3F8N10O16S4. The largest absolute Gasteiger partial charge is 0.478 e. The molecule has 17 rings (SSSR count). The van der Waals surface area contributed by atoms with E-state index in [0.29, 0.717) is 52.8 Å². The number of anilines is 1. The molecule has 4 N–H and O–H groups in total. The molecule has 10 heterocycles. The van der Waals surface area contributed by atoms with Gasteiger partial charge in [-0.25, -0.2) is 34.3 Å². The van der Waals surface area contributed by atoms with Crippen molar-refractivity contribution in [3.8, 4) is 40.2 Å². The molecule has 26 nitrogen and oxygen atoms in total. The number of aromatic carboxylic acids is 1. The number of Topliss-reactive ketones (excluding diaryl/α,β-unsaturated/α-hetero) is 3. The summed E-state index contributed by atoms with van der Waals surface area (Å²) in [5, 5.41) is 33.3. The number of halogens is 11. The van der Waals surface area contributed by atoms with Gasteiger partial charge in [0.05, 0.1) is 72.3 Å². The molecule has 0 aliphatic rings. The van der Waals surface area contributed by atoms with Crippen molar-refractivity contribution in [2.75, 3.05) is 11.1 Å². The molecule has 7 aromatic carbocycles. The summed E-state index contributed by atoms with van der Waals surface area (Å²) in [5.41, 5.74) is 8.07. The predicted molar refractivity (Wildman–Crippen MR) is 525 cm³/mol. The number of nitrogens with two attached hydrogens (primary N) is 1. The average Bonchev–Trinajstić information content (AvgIpc) is 1.62. The number of ether oxygens (including phenoxy) is 3. The number of hydrogen-bond donors (Lipinski definition) is 3. The van der Waals surface area contributed by atoms with Gasteiger partial charge >= 0.3 is 50.1 Å². The first-order chi connectivity index (χ1) is 65.0. The Hall–Kier alpha value is -13.4. The minimum atomic E-state index is -2.92. The molecule has 0 saturated carbocycles. The van der Waals surface area contributed by atoms with E-state index in [9.17, 15) is 78.6 Å². The number of nitrogens with zero attached hydrogens (tertiary/aromatic N) is 9. The number of carboxylic acids is 1. The number of carbonyl (C=O) groups excluding carboxylic acids is 7. The van der Waals surface area contributed by atoms with E-state index < -0.39 is 89.3 Å². The van der Waals surface area contributed by atoms with E-state index in [4.69, 9.17) is 78.4 Å². The Morgan fingerprint density at radius 2 is 0.748 bits per heavy atom. The second-order valence-electron chi connectivity index (χ2n) is 33.5. The number of nitrogen functional groups attached to an aromatic ring is 1. The highest BCUT2D eigenvalue weighted by Crippen LogP contribution is 2.43. The Bertz CT molecular complexity index is 7220. The monoisotopic (exact) mass is 2050 g/mol. The van der Waals surface area contributed by atoms with Gasteiger partial charge in [0.25, 0.3) is 5.24 Å². The molecule has 0 radical (unpaired) electrons. The fourth-order valence-corrected chi connectivity index (χ4v) is 16.2. The minimum Gasteiger partial charge on any atom is -0.478 e. The van der Waals surface area contributed by atoms with Crippen LogP contribution in [0.25, 0.3) is 111 Å². The first-order valence-electron chi connectivity index (χ1n) is 41.5. The van der Waals surface area contributed by atoms with Crippen molar-refractivity contribution >= 4 is 211 Å². The van der Waals surface area contributed by atoms with Gasteiger partial charge < -0.3 is 43.4 Å². The summed E-state index contributed by atoms with van der Waals surface area (Å²) in [6.07, 6.45) is -0.563. The smallest absolute Gasteiger partial charge is 0.342 e. The fraction of sp³-hybridized carbons (Fsp3) is 0.255. The van der Waals surface area contributed by atoms with Gasteiger partial charge in [-0.3, -0.25) is 42.2 Å². The number of carboxylic acid groups (broad SMARTS) is 1. The zero-order valence-corrected chi connectivity index (χ0v) is 82.1. The van der Waals surface area contributed by atoms with Crippen LogP contribution in [0.2, 0.25) is 0 Å². The fourth-order valence-electron chi connectivity index (χ4n) is 13.3. The van der Waals surface area contributed by atoms with Gasteiger partial charge in [0.1, 0.15) is 68.0 Å². The summed E-state index contributed by atoms with van der Waals surface area (Å²) in [5.74, 6) is -4.34. The van der Waals surface area contributed by atoms with E-state index in [1.807, 2.05) is 36.4 Å². The Morgan fingerprint density at radius 3 is 1.08 bits per heavy atom. The normalized spacial score (nSPS) is 11.4. The average molecular weight is 2050 g/mol. The second-order valence-corrected chi connectivity index (χ2v) is 37.5. The van der Waals surface area contributed by atoms with Crippen LogP contribution >= 0.6 is 82.3 Å². The Labute approximate surface area is 822 Å². The number of rotatable bonds is 19. The number of nitriles is 1. The molecule has 0 saturated heterocycles. The SMILES string of the molecule is CC(=O)c1nc2ccccc2n1C(F)F.CC(C)(C)O.CC(C)(C)OC(=O)CC#N.CC(C)(C)OC(=O)c1c(-c2nc3ccccc3n2C(F)F)csc1CC(=O)c1cc2ccccc2o1.CC(C)(C)OC(=O)c1c(-c2nc3ccccc3n2C(F)F)csc1N.ClCCl.O=C(Cc1scc(-c2nc3ccccc3n2C(F)F)c1C(=O)O)c1cc2ccccc2o1.O=C(Cl)c1cc2ccccc2o1.S. The van der Waals surface area contributed by atoms with Crippen LogP contribution in [0.15, 0.2) is 217 Å². The third-order valence-corrected chi connectivity index (χ3v) is 21.5. The molecule has 10 aromatic heterocycles. The van der Waals surface area contributed by atoms with Crippen molar-refractivity contribution in [2.24, 2.45) is 0 Å². The van der Waals surface area contributed by atoms with Crippen LogP contribution in [0.3, 0.4) is 0 Å². The van der Waals surface area contributed by atoms with E-state index in [0.717, 1.165) is 59.3 Å². The molecule has 0 amide bonds. The Balaban J connectivity index is 0.000000192. The lowest BCUT2D eigenvalue weighted by Gasteiger charge is -2.20. The van der Waals surface area contributed by atoms with Gasteiger partial charge in [-0.05, 0) is 180 Å². The lowest BCUT2D eigenvalue weighted by Crippen LogP contribution is -2.25. The lowest BCUT2D eigenvalue weighted by atomic mass is 10.1. The van der Waals surface area contributed by atoms with Crippen LogP contribution in [0, 0.1) is 11.3 Å². The highest BCUT2D eigenvalue weighted by atomic mass is 35.5. The second kappa shape index (κ2) is 47.3. The molecule has 17 aromatic rings. The highest BCUT2D eigenvalue weighted by molar-refractivity contribution is 7.59. The van der Waals surface area contributed by atoms with Crippen LogP contribution in [-0.2, 0) is 31.8 Å². The number of furan rings is 3. The standard InChI is InChI=1S/C27H22F2N2O4S.C23H14F2N2O4S.C17H17F2N3O2S.C10H8F2N2O.C9H5ClO2.C7H11NO2.C4H10O.CH2Cl2.H2S/c1-27(2,3)35-25(33)23-16(24-30-17-9-5-6-10-18(17)31(24)26(28)29)14-36-22(23)13-19(32)21-12-15-8-4-7-11-20(15)34-21;24-23(25)27-15-7-3-2-6-14(15)26-21(27)13-11-32-19(20(13)22(29)30)10-16(28)18-9-12-5-1-4-8-17(12)31-18;1-17(2,3)24-15(23)12-9(8-25-13(12)20)14-21-10-6-4-5-7-11(10)22(14)16(18)19;1-6(15)9-13-7-4-2-3-5-8(7)14(9)10(11)12;10-9(11)8-5-6-3-1-2-4-7(6)12-8;1-7(2,3)10-6(9)4-5-8;1-4(2,3)5;2-1-3;/h4-12,14,26H,13H2,1-3H3;1-9,11,23H,10H2,(H,29,30);4-8,16H,20H2,1-3H3;2-5,10H,1H3;1-5H;4H2,1-3H3;5H,1-3H3;1H2;1H2. The Kier molecular flexibility index (Phi) is 37.2. The van der Waals surface area contributed by atoms with Crippen molar-refractivity contribution in [1.82, 2.24) is 38.2 Å². The number of alkyl halides is 10. The van der Waals surface area contributed by atoms with Gasteiger partial charge in [0.15, 0.2) is 28.9 Å². The number of hydrogen-bond acceptors (Lipinski definition) is 24. The van der Waals surface area contributed by atoms with Crippen LogP contribution in [0.1, 0.15) is 206 Å². The third kappa shape index (κ3) is 28.4. The highest BCUT2D eigenvalue weighted by Gasteiger charge is 2.35. The number of carbonyl (C=O) groups is 8. The number of thiophene rings is 3. The summed E-state index contributed by atoms with van der Waals surface area (Å²) in [6, 6.07) is 54.2. The van der Waals surface area contributed by atoms with Crippen molar-refractivity contribution in [3.63, 3.8) is 0 Å². The summed E-state index contributed by atoms with van der Waals surface area (Å²) in [7, 11) is 0. The van der Waals surface area contributed by atoms with Crippen LogP contribution in [0.5, 0.6) is 0 Å². The molecule has 41 heteroatoms. The molecule has 0 aliphatic carbocycles. The first-order valence-corrected chi connectivity index (χ1v) is 45.5. The number of ketones is 3. The molecule has 730 valence electrons. The van der Waals surface area contributed by atoms with Gasteiger partial charge in [-0.1, -0.05) is 103 Å². The summed E-state index contributed by atoms with van der Waals surface area (Å²) >= 11 is 18.0. The van der Waals surface area contributed by atoms with E-state index >= 15 is 0 Å². The van der Waals surface area contributed by atoms with E-state index in [1.165, 1.54) is 24.4 Å². The molecule has 0 unspecified atom stereocenters. The van der Waals surface area contributed by atoms with Gasteiger partial charge in [0.2, 0.25) is 11.6 Å². The van der Waals surface area contributed by atoms with Crippen molar-refractivity contribution in [3.05, 3.63) is 254 Å². The van der Waals surface area contributed by atoms with E-state index in [1.54, 1.807) is 239 Å². The number of esters is 3. The van der Waals surface area contributed by atoms with Crippen molar-refractivity contribution in [2.45, 2.75) is 158 Å². The molecule has 0 atom stereocenters. The number of para-hydroxylation sites is 11. The Morgan fingerprint density at radius 1 is 0.453 bits per heavy atom. The van der Waals surface area contributed by atoms with Gasteiger partial charge in [-0.15, -0.1) is 57.2 Å². The van der Waals surface area contributed by atoms with Crippen LogP contribution < -0.4 is 5.73 Å². The predicted octanol–water partition coefficient (Wildman–Crippen LogP) is 27.0. The zero-order chi connectivity index (χ0) is 101. The number of aliphatic hydroxyl groups is 1. The summed E-state index contributed by atoms with van der Waals surface area (Å²) in [4.78, 5) is 114. The van der Waals surface area contributed by atoms with E-state index in [2.05, 4.69) is 19.9 Å². The maximum Gasteiger partial charge on any atom is 0.342 e. The quantitative estimate of drug-likeness (QED) is 0.0169. The number of imidazole rings is 4. The number of benzene rings is 7. The van der Waals surface area contributed by atoms with Crippen LogP contribution in [-0.4, -0.2) is 123 Å². The molecule has 0 fully saturated rings. The molecule has 139 heavy (non-hydrogen) atoms. The van der Waals surface area contributed by atoms with Crippen molar-refractivity contribution < 1.29 is 111 Å². The van der Waals surface area contributed by atoms with Gasteiger partial charge in [0, 0.05) is 78.5 Å². The maximum atomic E-state index is 14.2. The molecule has 0 bridgehead atoms. The van der Waals surface area contributed by atoms with Crippen LogP contribution in [0.4, 0.5) is 40.1 Å². The molecule has 0 spiro atoms. The molecule has 0 aliphatic heterocycles. The summed E-state index contributed by atoms with van der Waals surface area (Å²) < 4.78 is 144. The minimum absolute atomic E-state index is 0. The maximum absolute atomic E-state index is 14.2. The third-order valence-electron chi connectivity index (χ3n) is 18.5. The van der Waals surface area contributed by atoms with Crippen molar-refractivity contribution in [1.29, 1.82) is 5.26 Å². The summed E-state index contributed by atoms with van der Waals surface area (Å²) in [6.45, 7) is 10.7. The van der Waals surface area contributed by atoms with Gasteiger partial charge in [-0.2, -0.15) is 53.9 Å². The first kappa shape index (κ1) is 109. The lowest BCUT2D eigenvalue weighted by molar-refractivity contribution is -0.153.